The van der Waals surface area contributed by atoms with Crippen LogP contribution in [0, 0.1) is 0 Å². The SMILES string of the molecule is CCCCCCCCCCCCCCCCCCCCC/C=C/C(O)C(CO)NC(=O)CCC/C=C\CCCCCCOC(=O)CCCCCCCCCCCCCCCCCCCCC. The number of hydrogen-bond donors (Lipinski definition) is 3. The minimum absolute atomic E-state index is 0.0326. The van der Waals surface area contributed by atoms with Gasteiger partial charge in [-0.05, 0) is 51.4 Å². The summed E-state index contributed by atoms with van der Waals surface area (Å²) in [5.74, 6) is -0.158. The van der Waals surface area contributed by atoms with Crippen molar-refractivity contribution in [3.63, 3.8) is 0 Å². The Balaban J connectivity index is 3.53. The molecule has 0 bridgehead atoms. The Kier molecular flexibility index (Phi) is 54.5. The van der Waals surface area contributed by atoms with Gasteiger partial charge in [-0.3, -0.25) is 9.59 Å². The number of esters is 1. The number of hydrogen-bond acceptors (Lipinski definition) is 5. The molecule has 0 rings (SSSR count). The fraction of sp³-hybridized carbons (Fsp3) is 0.900. The second-order valence-electron chi connectivity index (χ2n) is 20.3. The van der Waals surface area contributed by atoms with E-state index in [4.69, 9.17) is 4.74 Å². The Morgan fingerprint density at radius 2 is 0.727 bits per heavy atom. The first-order valence-electron chi connectivity index (χ1n) is 29.6. The van der Waals surface area contributed by atoms with Crippen molar-refractivity contribution in [3.8, 4) is 0 Å². The number of unbranched alkanes of at least 4 members (excludes halogenated alkanes) is 42. The fourth-order valence-corrected chi connectivity index (χ4v) is 9.17. The lowest BCUT2D eigenvalue weighted by Gasteiger charge is -2.19. The quantitative estimate of drug-likeness (QED) is 0.0321. The van der Waals surface area contributed by atoms with E-state index >= 15 is 0 Å². The van der Waals surface area contributed by atoms with Crippen molar-refractivity contribution in [2.75, 3.05) is 13.2 Å². The van der Waals surface area contributed by atoms with Gasteiger partial charge in [0.1, 0.15) is 0 Å². The van der Waals surface area contributed by atoms with Crippen LogP contribution in [0.3, 0.4) is 0 Å². The molecular formula is C60H115NO5. The number of carbonyl (C=O) groups is 2. The summed E-state index contributed by atoms with van der Waals surface area (Å²) in [5, 5.41) is 23.1. The molecule has 0 aromatic heterocycles. The van der Waals surface area contributed by atoms with E-state index in [0.29, 0.717) is 19.4 Å². The minimum atomic E-state index is -0.876. The second-order valence-corrected chi connectivity index (χ2v) is 20.3. The number of carbonyl (C=O) groups excluding carboxylic acids is 2. The lowest BCUT2D eigenvalue weighted by molar-refractivity contribution is -0.143. The molecule has 0 aliphatic heterocycles. The molecule has 6 heteroatoms. The van der Waals surface area contributed by atoms with Gasteiger partial charge in [-0.25, -0.2) is 0 Å². The van der Waals surface area contributed by atoms with Crippen molar-refractivity contribution in [1.82, 2.24) is 5.32 Å². The number of nitrogens with one attached hydrogen (secondary N) is 1. The van der Waals surface area contributed by atoms with E-state index in [1.165, 1.54) is 225 Å². The molecule has 0 spiro atoms. The highest BCUT2D eigenvalue weighted by atomic mass is 16.5. The number of ether oxygens (including phenoxy) is 1. The molecule has 3 N–H and O–H groups in total. The molecule has 0 aliphatic rings. The first-order chi connectivity index (χ1) is 32.5. The third-order valence-corrected chi connectivity index (χ3v) is 13.7. The van der Waals surface area contributed by atoms with Crippen LogP contribution in [0.1, 0.15) is 322 Å². The molecule has 0 aromatic carbocycles. The number of aliphatic hydroxyl groups excluding tert-OH is 2. The maximum absolute atomic E-state index is 12.5. The highest BCUT2D eigenvalue weighted by molar-refractivity contribution is 5.76. The Bertz CT molecular complexity index is 1030. The Labute approximate surface area is 411 Å². The summed E-state index contributed by atoms with van der Waals surface area (Å²) in [4.78, 5) is 24.6. The third kappa shape index (κ3) is 51.7. The van der Waals surface area contributed by atoms with Gasteiger partial charge in [0.25, 0.3) is 0 Å². The molecule has 1 amide bonds. The predicted octanol–water partition coefficient (Wildman–Crippen LogP) is 18.2. The summed E-state index contributed by atoms with van der Waals surface area (Å²) in [6.07, 6.45) is 67.9. The highest BCUT2D eigenvalue weighted by Gasteiger charge is 2.18. The van der Waals surface area contributed by atoms with Crippen LogP contribution in [0.2, 0.25) is 0 Å². The normalized spacial score (nSPS) is 12.7. The van der Waals surface area contributed by atoms with Gasteiger partial charge in [0.15, 0.2) is 0 Å². The van der Waals surface area contributed by atoms with Gasteiger partial charge in [-0.2, -0.15) is 0 Å². The maximum atomic E-state index is 12.5. The van der Waals surface area contributed by atoms with Gasteiger partial charge in [0.05, 0.1) is 25.4 Å². The average Bonchev–Trinajstić information content (AvgIpc) is 3.32. The van der Waals surface area contributed by atoms with Crippen molar-refractivity contribution in [2.45, 2.75) is 334 Å². The van der Waals surface area contributed by atoms with Crippen LogP contribution < -0.4 is 5.32 Å². The van der Waals surface area contributed by atoms with Crippen LogP contribution in [0.15, 0.2) is 24.3 Å². The zero-order valence-electron chi connectivity index (χ0n) is 44.4. The van der Waals surface area contributed by atoms with Crippen LogP contribution >= 0.6 is 0 Å². The fourth-order valence-electron chi connectivity index (χ4n) is 9.17. The number of aliphatic hydroxyl groups is 2. The van der Waals surface area contributed by atoms with Crippen molar-refractivity contribution in [1.29, 1.82) is 0 Å². The van der Waals surface area contributed by atoms with E-state index in [-0.39, 0.29) is 18.5 Å². The molecule has 66 heavy (non-hydrogen) atoms. The number of allylic oxidation sites excluding steroid dienone is 3. The summed E-state index contributed by atoms with van der Waals surface area (Å²) in [5.41, 5.74) is 0. The summed E-state index contributed by atoms with van der Waals surface area (Å²) in [6.45, 7) is 4.84. The molecule has 6 nitrogen and oxygen atoms in total. The largest absolute Gasteiger partial charge is 0.466 e. The summed E-state index contributed by atoms with van der Waals surface area (Å²) >= 11 is 0. The van der Waals surface area contributed by atoms with Gasteiger partial charge in [0.2, 0.25) is 5.91 Å². The predicted molar refractivity (Wildman–Crippen MR) is 287 cm³/mol. The molecule has 0 aromatic rings. The molecule has 390 valence electrons. The van der Waals surface area contributed by atoms with Crippen LogP contribution in [0.25, 0.3) is 0 Å². The van der Waals surface area contributed by atoms with Crippen LogP contribution in [-0.2, 0) is 14.3 Å². The zero-order chi connectivity index (χ0) is 47.9. The molecule has 0 fully saturated rings. The van der Waals surface area contributed by atoms with Gasteiger partial charge in [0, 0.05) is 12.8 Å². The van der Waals surface area contributed by atoms with E-state index < -0.39 is 12.1 Å². The van der Waals surface area contributed by atoms with Crippen LogP contribution in [0.5, 0.6) is 0 Å². The Hall–Kier alpha value is -1.66. The third-order valence-electron chi connectivity index (χ3n) is 13.7. The van der Waals surface area contributed by atoms with E-state index in [0.717, 1.165) is 70.6 Å². The Morgan fingerprint density at radius 1 is 0.409 bits per heavy atom. The van der Waals surface area contributed by atoms with Crippen LogP contribution in [-0.4, -0.2) is 47.4 Å². The standard InChI is InChI=1S/C60H115NO5/c1-3-5-7-9-11-13-15-17-19-21-23-24-26-27-29-31-33-36-40-44-48-52-58(63)57(56-62)61-59(64)53-49-45-41-37-35-39-43-47-51-55-66-60(65)54-50-46-42-38-34-32-30-28-25-22-20-18-16-14-12-10-8-6-4-2/h37,41,48,52,57-58,62-63H,3-36,38-40,42-47,49-51,53-56H2,1-2H3,(H,61,64)/b41-37-,52-48+. The van der Waals surface area contributed by atoms with Gasteiger partial charge < -0.3 is 20.3 Å². The van der Waals surface area contributed by atoms with Crippen LogP contribution in [0.4, 0.5) is 0 Å². The molecule has 0 aliphatic carbocycles. The minimum Gasteiger partial charge on any atom is -0.466 e. The smallest absolute Gasteiger partial charge is 0.305 e. The summed E-state index contributed by atoms with van der Waals surface area (Å²) in [7, 11) is 0. The van der Waals surface area contributed by atoms with Crippen molar-refractivity contribution in [3.05, 3.63) is 24.3 Å². The van der Waals surface area contributed by atoms with Crippen molar-refractivity contribution >= 4 is 11.9 Å². The molecule has 0 saturated heterocycles. The van der Waals surface area contributed by atoms with E-state index in [1.807, 2.05) is 6.08 Å². The van der Waals surface area contributed by atoms with E-state index in [9.17, 15) is 19.8 Å². The van der Waals surface area contributed by atoms with E-state index in [1.54, 1.807) is 6.08 Å². The summed E-state index contributed by atoms with van der Waals surface area (Å²) < 4.78 is 5.46. The maximum Gasteiger partial charge on any atom is 0.305 e. The topological polar surface area (TPSA) is 95.9 Å². The molecule has 0 saturated carbocycles. The molecular weight excluding hydrogens is 815 g/mol. The lowest BCUT2D eigenvalue weighted by atomic mass is 10.0. The van der Waals surface area contributed by atoms with E-state index in [2.05, 4.69) is 31.3 Å². The highest BCUT2D eigenvalue weighted by Crippen LogP contribution is 2.17. The molecule has 0 heterocycles. The molecule has 0 radical (unpaired) electrons. The summed E-state index contributed by atoms with van der Waals surface area (Å²) in [6, 6.07) is -0.666. The van der Waals surface area contributed by atoms with Crippen molar-refractivity contribution < 1.29 is 24.5 Å². The lowest BCUT2D eigenvalue weighted by Crippen LogP contribution is -2.45. The molecule has 2 atom stereocenters. The van der Waals surface area contributed by atoms with Gasteiger partial charge in [-0.15, -0.1) is 0 Å². The van der Waals surface area contributed by atoms with Crippen molar-refractivity contribution in [2.24, 2.45) is 0 Å². The first-order valence-corrected chi connectivity index (χ1v) is 29.6. The second kappa shape index (κ2) is 55.9. The molecule has 2 unspecified atom stereocenters. The number of rotatable bonds is 55. The average molecular weight is 931 g/mol. The van der Waals surface area contributed by atoms with Gasteiger partial charge in [-0.1, -0.05) is 282 Å². The monoisotopic (exact) mass is 930 g/mol. The zero-order valence-corrected chi connectivity index (χ0v) is 44.4. The first kappa shape index (κ1) is 64.3. The number of amides is 1. The van der Waals surface area contributed by atoms with Gasteiger partial charge >= 0.3 is 5.97 Å². The Morgan fingerprint density at radius 3 is 1.11 bits per heavy atom.